The second-order valence-corrected chi connectivity index (χ2v) is 4.53. The van der Waals surface area contributed by atoms with Gasteiger partial charge in [0, 0.05) is 11.6 Å². The number of rotatable bonds is 2. The Labute approximate surface area is 120 Å². The lowest BCUT2D eigenvalue weighted by atomic mass is 10.1. The Balaban J connectivity index is 2.33. The van der Waals surface area contributed by atoms with Gasteiger partial charge in [-0.25, -0.2) is 0 Å². The molecular formula is C17H12O4. The molecule has 1 heterocycles. The summed E-state index contributed by atoms with van der Waals surface area (Å²) in [6, 6.07) is 14.7. The fourth-order valence-corrected chi connectivity index (χ4v) is 2.13. The monoisotopic (exact) mass is 280 g/mol. The van der Waals surface area contributed by atoms with E-state index in [1.807, 2.05) is 0 Å². The summed E-state index contributed by atoms with van der Waals surface area (Å²) in [4.78, 5) is 24.2. The molecule has 0 saturated heterocycles. The number of hydrogen-bond acceptors (Lipinski definition) is 4. The Morgan fingerprint density at radius 3 is 2.52 bits per heavy atom. The minimum Gasteiger partial charge on any atom is -0.497 e. The van der Waals surface area contributed by atoms with Gasteiger partial charge in [0.1, 0.15) is 11.5 Å². The summed E-state index contributed by atoms with van der Waals surface area (Å²) in [5, 5.41) is 0.275. The van der Waals surface area contributed by atoms with E-state index in [-0.39, 0.29) is 21.8 Å². The molecule has 0 fully saturated rings. The molecule has 0 amide bonds. The molecule has 3 aromatic rings. The summed E-state index contributed by atoms with van der Waals surface area (Å²) >= 11 is 0. The van der Waals surface area contributed by atoms with Crippen molar-refractivity contribution < 1.29 is 9.15 Å². The Hall–Kier alpha value is -2.88. The molecular weight excluding hydrogens is 268 g/mol. The van der Waals surface area contributed by atoms with Crippen molar-refractivity contribution in [1.82, 2.24) is 0 Å². The first-order valence-corrected chi connectivity index (χ1v) is 6.40. The van der Waals surface area contributed by atoms with Gasteiger partial charge in [-0.3, -0.25) is 9.59 Å². The Bertz CT molecular complexity index is 925. The molecule has 0 N–H and O–H groups in total. The first-order chi connectivity index (χ1) is 10.2. The van der Waals surface area contributed by atoms with E-state index in [0.29, 0.717) is 17.1 Å². The first kappa shape index (κ1) is 13.1. The number of benzene rings is 1. The highest BCUT2D eigenvalue weighted by atomic mass is 16.5. The molecule has 0 aliphatic carbocycles. The highest BCUT2D eigenvalue weighted by molar-refractivity contribution is 5.77. The van der Waals surface area contributed by atoms with Gasteiger partial charge in [-0.2, -0.15) is 0 Å². The molecule has 21 heavy (non-hydrogen) atoms. The van der Waals surface area contributed by atoms with Gasteiger partial charge in [0.25, 0.3) is 0 Å². The van der Waals surface area contributed by atoms with Crippen LogP contribution in [0.15, 0.2) is 68.6 Å². The molecule has 0 bridgehead atoms. The standard InChI is InChI=1S/C17H12O4/c1-20-12-6-4-5-11(9-12)16-10-15(19)13-7-2-3-8-14(18)17(13)21-16/h2-10H,1H3. The van der Waals surface area contributed by atoms with Gasteiger partial charge in [0.15, 0.2) is 11.0 Å². The highest BCUT2D eigenvalue weighted by Crippen LogP contribution is 2.24. The van der Waals surface area contributed by atoms with Gasteiger partial charge in [-0.1, -0.05) is 24.3 Å². The van der Waals surface area contributed by atoms with Crippen LogP contribution in [0, 0.1) is 0 Å². The van der Waals surface area contributed by atoms with E-state index in [1.165, 1.54) is 12.1 Å². The van der Waals surface area contributed by atoms with Crippen LogP contribution >= 0.6 is 0 Å². The van der Waals surface area contributed by atoms with Crippen LogP contribution in [0.4, 0.5) is 0 Å². The quantitative estimate of drug-likeness (QED) is 0.724. The topological polar surface area (TPSA) is 56.5 Å². The van der Waals surface area contributed by atoms with E-state index in [4.69, 9.17) is 9.15 Å². The summed E-state index contributed by atoms with van der Waals surface area (Å²) in [5.41, 5.74) is 0.170. The minimum absolute atomic E-state index is 0.0605. The summed E-state index contributed by atoms with van der Waals surface area (Å²) in [6.45, 7) is 0. The molecule has 0 radical (unpaired) electrons. The molecule has 0 saturated carbocycles. The molecule has 0 spiro atoms. The van der Waals surface area contributed by atoms with E-state index >= 15 is 0 Å². The fourth-order valence-electron chi connectivity index (χ4n) is 2.13. The van der Waals surface area contributed by atoms with Crippen LogP contribution in [0.2, 0.25) is 0 Å². The molecule has 4 heteroatoms. The van der Waals surface area contributed by atoms with Gasteiger partial charge in [0.05, 0.1) is 12.5 Å². The summed E-state index contributed by atoms with van der Waals surface area (Å²) in [5.74, 6) is 0.992. The SMILES string of the molecule is COc1cccc(-c2cc(=O)c3ccccc(=O)c3o2)c1. The van der Waals surface area contributed by atoms with Crippen molar-refractivity contribution >= 4 is 11.0 Å². The fraction of sp³-hybridized carbons (Fsp3) is 0.0588. The van der Waals surface area contributed by atoms with E-state index in [2.05, 4.69) is 0 Å². The molecule has 0 aliphatic heterocycles. The predicted octanol–water partition coefficient (Wildman–Crippen LogP) is 2.83. The van der Waals surface area contributed by atoms with E-state index in [0.717, 1.165) is 0 Å². The Morgan fingerprint density at radius 2 is 1.71 bits per heavy atom. The molecule has 0 unspecified atom stereocenters. The highest BCUT2D eigenvalue weighted by Gasteiger charge is 2.09. The molecule has 1 aromatic heterocycles. The van der Waals surface area contributed by atoms with E-state index in [9.17, 15) is 9.59 Å². The van der Waals surface area contributed by atoms with Crippen LogP contribution < -0.4 is 15.6 Å². The minimum atomic E-state index is -0.322. The number of methoxy groups -OCH3 is 1. The van der Waals surface area contributed by atoms with Gasteiger partial charge in [-0.05, 0) is 24.3 Å². The van der Waals surface area contributed by atoms with Crippen LogP contribution in [0.3, 0.4) is 0 Å². The first-order valence-electron chi connectivity index (χ1n) is 6.40. The van der Waals surface area contributed by atoms with Gasteiger partial charge < -0.3 is 9.15 Å². The van der Waals surface area contributed by atoms with E-state index < -0.39 is 0 Å². The average Bonchev–Trinajstić information content (AvgIpc) is 2.70. The zero-order valence-corrected chi connectivity index (χ0v) is 11.3. The third-order valence-corrected chi connectivity index (χ3v) is 3.18. The molecule has 2 aromatic carbocycles. The largest absolute Gasteiger partial charge is 0.497 e. The number of fused-ring (bicyclic) bond motifs is 1. The zero-order chi connectivity index (χ0) is 14.8. The van der Waals surface area contributed by atoms with Gasteiger partial charge in [0.2, 0.25) is 5.43 Å². The molecule has 0 aliphatic rings. The third-order valence-electron chi connectivity index (χ3n) is 3.18. The zero-order valence-electron chi connectivity index (χ0n) is 11.3. The van der Waals surface area contributed by atoms with Crippen LogP contribution in [0.5, 0.6) is 5.75 Å². The lowest BCUT2D eigenvalue weighted by Gasteiger charge is -2.04. The Kier molecular flexibility index (Phi) is 3.28. The maximum Gasteiger partial charge on any atom is 0.221 e. The van der Waals surface area contributed by atoms with Crippen LogP contribution in [-0.2, 0) is 0 Å². The second-order valence-electron chi connectivity index (χ2n) is 4.53. The van der Waals surface area contributed by atoms with Gasteiger partial charge >= 0.3 is 0 Å². The lowest BCUT2D eigenvalue weighted by Crippen LogP contribution is -2.05. The molecule has 0 atom stereocenters. The van der Waals surface area contributed by atoms with Crippen molar-refractivity contribution in [2.75, 3.05) is 7.11 Å². The summed E-state index contributed by atoms with van der Waals surface area (Å²) in [6.07, 6.45) is 0. The lowest BCUT2D eigenvalue weighted by molar-refractivity contribution is 0.415. The third kappa shape index (κ3) is 2.43. The Morgan fingerprint density at radius 1 is 0.905 bits per heavy atom. The number of ether oxygens (including phenoxy) is 1. The van der Waals surface area contributed by atoms with E-state index in [1.54, 1.807) is 49.6 Å². The summed E-state index contributed by atoms with van der Waals surface area (Å²) < 4.78 is 10.8. The maximum absolute atomic E-state index is 12.2. The maximum atomic E-state index is 12.2. The van der Waals surface area contributed by atoms with Crippen molar-refractivity contribution in [3.8, 4) is 17.1 Å². The van der Waals surface area contributed by atoms with Crippen molar-refractivity contribution in [3.63, 3.8) is 0 Å². The van der Waals surface area contributed by atoms with Crippen molar-refractivity contribution in [1.29, 1.82) is 0 Å². The molecule has 4 nitrogen and oxygen atoms in total. The van der Waals surface area contributed by atoms with Crippen LogP contribution in [0.25, 0.3) is 22.3 Å². The van der Waals surface area contributed by atoms with Gasteiger partial charge in [-0.15, -0.1) is 0 Å². The predicted molar refractivity (Wildman–Crippen MR) is 80.7 cm³/mol. The van der Waals surface area contributed by atoms with Crippen molar-refractivity contribution in [2.45, 2.75) is 0 Å². The molecule has 3 rings (SSSR count). The second kappa shape index (κ2) is 5.25. The normalized spacial score (nSPS) is 10.5. The average molecular weight is 280 g/mol. The van der Waals surface area contributed by atoms with Crippen molar-refractivity contribution in [3.05, 3.63) is 75.0 Å². The van der Waals surface area contributed by atoms with Crippen LogP contribution in [-0.4, -0.2) is 7.11 Å². The van der Waals surface area contributed by atoms with Crippen molar-refractivity contribution in [2.24, 2.45) is 0 Å². The number of hydrogen-bond donors (Lipinski definition) is 0. The van der Waals surface area contributed by atoms with Crippen LogP contribution in [0.1, 0.15) is 0 Å². The summed E-state index contributed by atoms with van der Waals surface area (Å²) in [7, 11) is 1.56. The smallest absolute Gasteiger partial charge is 0.221 e. The molecule has 104 valence electrons.